The molecule has 0 radical (unpaired) electrons. The van der Waals surface area contributed by atoms with E-state index in [1.807, 2.05) is 73.8 Å². The van der Waals surface area contributed by atoms with Crippen molar-refractivity contribution >= 4 is 34.7 Å². The summed E-state index contributed by atoms with van der Waals surface area (Å²) in [5.74, 6) is 0.575. The lowest BCUT2D eigenvalue weighted by Gasteiger charge is -2.17. The Morgan fingerprint density at radius 2 is 1.92 bits per heavy atom. The molecule has 0 saturated heterocycles. The normalized spacial score (nSPS) is 11.8. The third kappa shape index (κ3) is 4.65. The first-order valence-corrected chi connectivity index (χ1v) is 10.1. The standard InChI is InChI=1S/C20H20N2O2S2/c1-3-24-17-12-8-7-11-16(17)22-19(23)18(15-9-5-4-6-10-15)26-20-21-14(2)13-25-20/h4-13,18H,3H2,1-2H3,(H,22,23)/t18-/m0/s1. The minimum Gasteiger partial charge on any atom is -0.492 e. The summed E-state index contributed by atoms with van der Waals surface area (Å²) >= 11 is 3.02. The number of rotatable bonds is 7. The summed E-state index contributed by atoms with van der Waals surface area (Å²) < 4.78 is 6.49. The third-order valence-electron chi connectivity index (χ3n) is 3.60. The van der Waals surface area contributed by atoms with Gasteiger partial charge in [-0.3, -0.25) is 4.79 Å². The number of amides is 1. The molecule has 1 aromatic heterocycles. The number of aromatic nitrogens is 1. The molecule has 2 aromatic carbocycles. The molecule has 4 nitrogen and oxygen atoms in total. The van der Waals surface area contributed by atoms with E-state index in [1.165, 1.54) is 11.8 Å². The summed E-state index contributed by atoms with van der Waals surface area (Å²) in [6, 6.07) is 17.2. The fraction of sp³-hybridized carbons (Fsp3) is 0.200. The Labute approximate surface area is 161 Å². The number of nitrogens with one attached hydrogen (secondary N) is 1. The topological polar surface area (TPSA) is 51.2 Å². The number of thiazole rings is 1. The molecule has 0 aliphatic rings. The molecular weight excluding hydrogens is 364 g/mol. The van der Waals surface area contributed by atoms with Crippen molar-refractivity contribution in [3.05, 3.63) is 71.2 Å². The molecule has 3 rings (SSSR count). The SMILES string of the molecule is CCOc1ccccc1NC(=O)[C@@H](Sc1nc(C)cs1)c1ccccc1. The summed E-state index contributed by atoms with van der Waals surface area (Å²) in [4.78, 5) is 17.6. The van der Waals surface area contributed by atoms with Crippen LogP contribution in [0.4, 0.5) is 5.69 Å². The molecule has 0 saturated carbocycles. The highest BCUT2D eigenvalue weighted by atomic mass is 32.2. The van der Waals surface area contributed by atoms with Crippen molar-refractivity contribution in [1.29, 1.82) is 0 Å². The van der Waals surface area contributed by atoms with Gasteiger partial charge < -0.3 is 10.1 Å². The van der Waals surface area contributed by atoms with Gasteiger partial charge in [0.1, 0.15) is 11.0 Å². The summed E-state index contributed by atoms with van der Waals surface area (Å²) in [7, 11) is 0. The van der Waals surface area contributed by atoms with Crippen molar-refractivity contribution in [2.75, 3.05) is 11.9 Å². The highest BCUT2D eigenvalue weighted by Crippen LogP contribution is 2.38. The highest BCUT2D eigenvalue weighted by Gasteiger charge is 2.24. The summed E-state index contributed by atoms with van der Waals surface area (Å²) in [6.07, 6.45) is 0. The van der Waals surface area contributed by atoms with Gasteiger partial charge in [0.05, 0.1) is 12.3 Å². The number of thioether (sulfide) groups is 1. The van der Waals surface area contributed by atoms with Crippen LogP contribution in [0.25, 0.3) is 0 Å². The molecule has 0 spiro atoms. The number of ether oxygens (including phenoxy) is 1. The predicted molar refractivity (Wildman–Crippen MR) is 108 cm³/mol. The molecule has 0 unspecified atom stereocenters. The lowest BCUT2D eigenvalue weighted by atomic mass is 10.1. The molecule has 6 heteroatoms. The number of para-hydroxylation sites is 2. The Balaban J connectivity index is 1.85. The molecule has 0 fully saturated rings. The van der Waals surface area contributed by atoms with Gasteiger partial charge in [-0.15, -0.1) is 11.3 Å². The second-order valence-corrected chi connectivity index (χ2v) is 7.79. The van der Waals surface area contributed by atoms with Crippen LogP contribution in [-0.4, -0.2) is 17.5 Å². The van der Waals surface area contributed by atoms with Gasteiger partial charge in [0.15, 0.2) is 4.34 Å². The fourth-order valence-corrected chi connectivity index (χ4v) is 4.47. The van der Waals surface area contributed by atoms with Gasteiger partial charge in [-0.05, 0) is 31.5 Å². The van der Waals surface area contributed by atoms with Crippen LogP contribution in [0.1, 0.15) is 23.4 Å². The molecular formula is C20H20N2O2S2. The van der Waals surface area contributed by atoms with Crippen LogP contribution in [0.5, 0.6) is 5.75 Å². The highest BCUT2D eigenvalue weighted by molar-refractivity contribution is 8.01. The minimum atomic E-state index is -0.392. The maximum atomic E-state index is 13.1. The fourth-order valence-electron chi connectivity index (χ4n) is 2.44. The number of aryl methyl sites for hydroxylation is 1. The largest absolute Gasteiger partial charge is 0.492 e. The quantitative estimate of drug-likeness (QED) is 0.560. The van der Waals surface area contributed by atoms with Crippen molar-refractivity contribution in [3.8, 4) is 5.75 Å². The van der Waals surface area contributed by atoms with E-state index in [-0.39, 0.29) is 5.91 Å². The van der Waals surface area contributed by atoms with E-state index >= 15 is 0 Å². The van der Waals surface area contributed by atoms with E-state index in [2.05, 4.69) is 10.3 Å². The molecule has 0 bridgehead atoms. The summed E-state index contributed by atoms with van der Waals surface area (Å²) in [5, 5.41) is 4.61. The summed E-state index contributed by atoms with van der Waals surface area (Å²) in [6.45, 7) is 4.42. The first-order chi connectivity index (χ1) is 12.7. The second kappa shape index (κ2) is 8.87. The van der Waals surface area contributed by atoms with E-state index in [0.717, 1.165) is 15.6 Å². The number of benzene rings is 2. The number of hydrogen-bond acceptors (Lipinski definition) is 5. The van der Waals surface area contributed by atoms with Gasteiger partial charge in [0.25, 0.3) is 0 Å². The Morgan fingerprint density at radius 1 is 1.19 bits per heavy atom. The van der Waals surface area contributed by atoms with Crippen molar-refractivity contribution in [2.45, 2.75) is 23.4 Å². The van der Waals surface area contributed by atoms with E-state index < -0.39 is 5.25 Å². The third-order valence-corrected chi connectivity index (χ3v) is 5.95. The van der Waals surface area contributed by atoms with Gasteiger partial charge >= 0.3 is 0 Å². The zero-order chi connectivity index (χ0) is 18.4. The van der Waals surface area contributed by atoms with Crippen molar-refractivity contribution in [1.82, 2.24) is 4.98 Å². The zero-order valence-electron chi connectivity index (χ0n) is 14.6. The Kier molecular flexibility index (Phi) is 6.30. The van der Waals surface area contributed by atoms with E-state index in [0.29, 0.717) is 18.0 Å². The first kappa shape index (κ1) is 18.5. The van der Waals surface area contributed by atoms with Gasteiger partial charge in [0, 0.05) is 11.1 Å². The maximum absolute atomic E-state index is 13.1. The summed E-state index contributed by atoms with van der Waals surface area (Å²) in [5.41, 5.74) is 2.58. The van der Waals surface area contributed by atoms with Crippen LogP contribution in [-0.2, 0) is 4.79 Å². The van der Waals surface area contributed by atoms with Gasteiger partial charge in [-0.2, -0.15) is 0 Å². The van der Waals surface area contributed by atoms with Crippen LogP contribution in [0.15, 0.2) is 64.3 Å². The van der Waals surface area contributed by atoms with Crippen LogP contribution in [0.3, 0.4) is 0 Å². The minimum absolute atomic E-state index is 0.0961. The van der Waals surface area contributed by atoms with Crippen molar-refractivity contribution in [2.24, 2.45) is 0 Å². The number of nitrogens with zero attached hydrogens (tertiary/aromatic N) is 1. The van der Waals surface area contributed by atoms with Crippen LogP contribution >= 0.6 is 23.1 Å². The number of carbonyl (C=O) groups is 1. The molecule has 1 heterocycles. The molecule has 0 aliphatic heterocycles. The van der Waals surface area contributed by atoms with E-state index in [1.54, 1.807) is 11.3 Å². The molecule has 1 amide bonds. The molecule has 1 N–H and O–H groups in total. The maximum Gasteiger partial charge on any atom is 0.242 e. The predicted octanol–water partition coefficient (Wildman–Crippen LogP) is 5.32. The van der Waals surface area contributed by atoms with E-state index in [4.69, 9.17) is 4.74 Å². The lowest BCUT2D eigenvalue weighted by Crippen LogP contribution is -2.19. The van der Waals surface area contributed by atoms with E-state index in [9.17, 15) is 4.79 Å². The van der Waals surface area contributed by atoms with Crippen molar-refractivity contribution < 1.29 is 9.53 Å². The Morgan fingerprint density at radius 3 is 2.62 bits per heavy atom. The van der Waals surface area contributed by atoms with Crippen LogP contribution in [0, 0.1) is 6.92 Å². The first-order valence-electron chi connectivity index (χ1n) is 8.33. The molecule has 0 aliphatic carbocycles. The zero-order valence-corrected chi connectivity index (χ0v) is 16.3. The van der Waals surface area contributed by atoms with Gasteiger partial charge in [-0.25, -0.2) is 4.98 Å². The molecule has 26 heavy (non-hydrogen) atoms. The number of carbonyl (C=O) groups excluding carboxylic acids is 1. The second-order valence-electron chi connectivity index (χ2n) is 5.58. The van der Waals surface area contributed by atoms with Gasteiger partial charge in [0.2, 0.25) is 5.91 Å². The monoisotopic (exact) mass is 384 g/mol. The molecule has 3 aromatic rings. The lowest BCUT2D eigenvalue weighted by molar-refractivity contribution is -0.115. The average Bonchev–Trinajstić information content (AvgIpc) is 3.07. The smallest absolute Gasteiger partial charge is 0.242 e. The van der Waals surface area contributed by atoms with Crippen molar-refractivity contribution in [3.63, 3.8) is 0 Å². The number of anilines is 1. The Bertz CT molecular complexity index is 865. The average molecular weight is 385 g/mol. The number of hydrogen-bond donors (Lipinski definition) is 1. The Hall–Kier alpha value is -2.31. The van der Waals surface area contributed by atoms with Crippen LogP contribution in [0.2, 0.25) is 0 Å². The van der Waals surface area contributed by atoms with Gasteiger partial charge in [-0.1, -0.05) is 54.2 Å². The molecule has 1 atom stereocenters. The van der Waals surface area contributed by atoms with Crippen LogP contribution < -0.4 is 10.1 Å². The molecule has 134 valence electrons.